The van der Waals surface area contributed by atoms with Gasteiger partial charge in [0, 0.05) is 25.9 Å². The van der Waals surface area contributed by atoms with E-state index in [1.165, 1.54) is 11.1 Å². The smallest absolute Gasteiger partial charge is 0.224 e. The van der Waals surface area contributed by atoms with E-state index in [4.69, 9.17) is 4.74 Å². The van der Waals surface area contributed by atoms with E-state index in [1.807, 2.05) is 6.07 Å². The van der Waals surface area contributed by atoms with Crippen molar-refractivity contribution in [3.63, 3.8) is 0 Å². The molecule has 116 valence electrons. The Morgan fingerprint density at radius 2 is 2.05 bits per heavy atom. The van der Waals surface area contributed by atoms with Crippen LogP contribution in [0, 0.1) is 6.92 Å². The SMILES string of the molecule is Cc1ccc(CNc2ccnc(NCC3CCCO3)n2)cc1. The van der Waals surface area contributed by atoms with Crippen molar-refractivity contribution >= 4 is 11.8 Å². The van der Waals surface area contributed by atoms with E-state index in [1.54, 1.807) is 6.20 Å². The van der Waals surface area contributed by atoms with Crippen LogP contribution in [0.25, 0.3) is 0 Å². The molecule has 0 bridgehead atoms. The molecule has 3 rings (SSSR count). The lowest BCUT2D eigenvalue weighted by molar-refractivity contribution is 0.120. The third-order valence-electron chi connectivity index (χ3n) is 3.76. The summed E-state index contributed by atoms with van der Waals surface area (Å²) >= 11 is 0. The van der Waals surface area contributed by atoms with Gasteiger partial charge in [-0.05, 0) is 31.4 Å². The fourth-order valence-corrected chi connectivity index (χ4v) is 2.45. The lowest BCUT2D eigenvalue weighted by Gasteiger charge is -2.11. The van der Waals surface area contributed by atoms with Gasteiger partial charge in [0.25, 0.3) is 0 Å². The summed E-state index contributed by atoms with van der Waals surface area (Å²) in [6.07, 6.45) is 4.30. The van der Waals surface area contributed by atoms with E-state index in [-0.39, 0.29) is 6.10 Å². The van der Waals surface area contributed by atoms with E-state index >= 15 is 0 Å². The highest BCUT2D eigenvalue weighted by Crippen LogP contribution is 2.13. The van der Waals surface area contributed by atoms with E-state index in [2.05, 4.69) is 51.8 Å². The topological polar surface area (TPSA) is 59.1 Å². The second-order valence-electron chi connectivity index (χ2n) is 5.62. The van der Waals surface area contributed by atoms with Gasteiger partial charge in [-0.2, -0.15) is 4.98 Å². The number of nitrogens with one attached hydrogen (secondary N) is 2. The second-order valence-corrected chi connectivity index (χ2v) is 5.62. The number of rotatable bonds is 6. The number of aryl methyl sites for hydroxylation is 1. The van der Waals surface area contributed by atoms with Gasteiger partial charge in [-0.15, -0.1) is 0 Å². The van der Waals surface area contributed by atoms with Crippen molar-refractivity contribution in [2.75, 3.05) is 23.8 Å². The molecule has 1 aliphatic heterocycles. The first-order valence-electron chi connectivity index (χ1n) is 7.77. The average molecular weight is 298 g/mol. The minimum Gasteiger partial charge on any atom is -0.376 e. The number of aromatic nitrogens is 2. The molecule has 1 atom stereocenters. The number of nitrogens with zero attached hydrogens (tertiary/aromatic N) is 2. The minimum absolute atomic E-state index is 0.285. The van der Waals surface area contributed by atoms with Crippen LogP contribution in [0.2, 0.25) is 0 Å². The summed E-state index contributed by atoms with van der Waals surface area (Å²) < 4.78 is 5.59. The maximum absolute atomic E-state index is 5.59. The van der Waals surface area contributed by atoms with E-state index < -0.39 is 0 Å². The van der Waals surface area contributed by atoms with Crippen LogP contribution in [-0.2, 0) is 11.3 Å². The van der Waals surface area contributed by atoms with Crippen LogP contribution < -0.4 is 10.6 Å². The van der Waals surface area contributed by atoms with Crippen molar-refractivity contribution in [3.05, 3.63) is 47.7 Å². The molecule has 2 aromatic rings. The van der Waals surface area contributed by atoms with Crippen LogP contribution in [0.4, 0.5) is 11.8 Å². The van der Waals surface area contributed by atoms with E-state index in [0.717, 1.165) is 38.4 Å². The van der Waals surface area contributed by atoms with Gasteiger partial charge in [-0.1, -0.05) is 29.8 Å². The molecule has 0 aliphatic carbocycles. The Hall–Kier alpha value is -2.14. The zero-order valence-corrected chi connectivity index (χ0v) is 12.9. The average Bonchev–Trinajstić information content (AvgIpc) is 3.06. The van der Waals surface area contributed by atoms with Crippen LogP contribution >= 0.6 is 0 Å². The van der Waals surface area contributed by atoms with Crippen molar-refractivity contribution < 1.29 is 4.74 Å². The Kier molecular flexibility index (Phi) is 4.85. The van der Waals surface area contributed by atoms with Gasteiger partial charge >= 0.3 is 0 Å². The van der Waals surface area contributed by atoms with Crippen molar-refractivity contribution in [1.82, 2.24) is 9.97 Å². The quantitative estimate of drug-likeness (QED) is 0.858. The summed E-state index contributed by atoms with van der Waals surface area (Å²) in [5, 5.41) is 6.57. The molecular formula is C17H22N4O. The lowest BCUT2D eigenvalue weighted by Crippen LogP contribution is -2.19. The molecule has 0 spiro atoms. The summed E-state index contributed by atoms with van der Waals surface area (Å²) in [4.78, 5) is 8.73. The Labute approximate surface area is 131 Å². The van der Waals surface area contributed by atoms with Crippen molar-refractivity contribution in [2.45, 2.75) is 32.4 Å². The molecule has 2 heterocycles. The van der Waals surface area contributed by atoms with Gasteiger partial charge < -0.3 is 15.4 Å². The normalized spacial score (nSPS) is 17.4. The number of benzene rings is 1. The first kappa shape index (κ1) is 14.8. The van der Waals surface area contributed by atoms with Crippen LogP contribution in [0.15, 0.2) is 36.5 Å². The molecule has 0 radical (unpaired) electrons. The number of hydrogen-bond donors (Lipinski definition) is 2. The Bertz CT molecular complexity index is 594. The Balaban J connectivity index is 1.52. The maximum Gasteiger partial charge on any atom is 0.224 e. The van der Waals surface area contributed by atoms with E-state index in [9.17, 15) is 0 Å². The second kappa shape index (κ2) is 7.22. The Morgan fingerprint density at radius 3 is 2.82 bits per heavy atom. The highest BCUT2D eigenvalue weighted by atomic mass is 16.5. The molecule has 0 amide bonds. The maximum atomic E-state index is 5.59. The highest BCUT2D eigenvalue weighted by molar-refractivity contribution is 5.40. The molecular weight excluding hydrogens is 276 g/mol. The van der Waals surface area contributed by atoms with Crippen LogP contribution in [0.5, 0.6) is 0 Å². The van der Waals surface area contributed by atoms with Crippen LogP contribution in [-0.4, -0.2) is 29.2 Å². The molecule has 1 aliphatic rings. The van der Waals surface area contributed by atoms with Crippen LogP contribution in [0.3, 0.4) is 0 Å². The van der Waals surface area contributed by atoms with Crippen LogP contribution in [0.1, 0.15) is 24.0 Å². The minimum atomic E-state index is 0.285. The highest BCUT2D eigenvalue weighted by Gasteiger charge is 2.15. The van der Waals surface area contributed by atoms with Gasteiger partial charge in [0.2, 0.25) is 5.95 Å². The molecule has 0 saturated carbocycles. The third-order valence-corrected chi connectivity index (χ3v) is 3.76. The summed E-state index contributed by atoms with van der Waals surface area (Å²) in [6.45, 7) is 4.48. The van der Waals surface area contributed by atoms with Gasteiger partial charge in [0.15, 0.2) is 0 Å². The lowest BCUT2D eigenvalue weighted by atomic mass is 10.1. The van der Waals surface area contributed by atoms with Gasteiger partial charge in [-0.3, -0.25) is 0 Å². The zero-order valence-electron chi connectivity index (χ0n) is 12.9. The number of ether oxygens (including phenoxy) is 1. The monoisotopic (exact) mass is 298 g/mol. The molecule has 5 heteroatoms. The fraction of sp³-hybridized carbons (Fsp3) is 0.412. The molecule has 1 aromatic heterocycles. The first-order valence-corrected chi connectivity index (χ1v) is 7.77. The standard InChI is InChI=1S/C17H22N4O/c1-13-4-6-14(7-5-13)11-19-16-8-9-18-17(21-16)20-12-15-3-2-10-22-15/h4-9,15H,2-3,10-12H2,1H3,(H2,18,19,20,21). The number of anilines is 2. The summed E-state index contributed by atoms with van der Waals surface area (Å²) in [5.74, 6) is 1.47. The zero-order chi connectivity index (χ0) is 15.2. The molecule has 1 unspecified atom stereocenters. The van der Waals surface area contributed by atoms with E-state index in [0.29, 0.717) is 5.95 Å². The van der Waals surface area contributed by atoms with Crippen molar-refractivity contribution in [2.24, 2.45) is 0 Å². The van der Waals surface area contributed by atoms with Crippen molar-refractivity contribution in [1.29, 1.82) is 0 Å². The summed E-state index contributed by atoms with van der Waals surface area (Å²) in [7, 11) is 0. The summed E-state index contributed by atoms with van der Waals surface area (Å²) in [6, 6.07) is 10.4. The molecule has 5 nitrogen and oxygen atoms in total. The first-order chi connectivity index (χ1) is 10.8. The predicted octanol–water partition coefficient (Wildman–Crippen LogP) is 2.99. The largest absolute Gasteiger partial charge is 0.376 e. The molecule has 1 aromatic carbocycles. The fourth-order valence-electron chi connectivity index (χ4n) is 2.45. The summed E-state index contributed by atoms with van der Waals surface area (Å²) in [5.41, 5.74) is 2.50. The molecule has 1 saturated heterocycles. The third kappa shape index (κ3) is 4.18. The number of hydrogen-bond acceptors (Lipinski definition) is 5. The van der Waals surface area contributed by atoms with Crippen molar-refractivity contribution in [3.8, 4) is 0 Å². The van der Waals surface area contributed by atoms with Gasteiger partial charge in [0.1, 0.15) is 5.82 Å². The molecule has 1 fully saturated rings. The predicted molar refractivity (Wildman–Crippen MR) is 88.0 cm³/mol. The van der Waals surface area contributed by atoms with Gasteiger partial charge in [-0.25, -0.2) is 4.98 Å². The Morgan fingerprint density at radius 1 is 1.18 bits per heavy atom. The molecule has 22 heavy (non-hydrogen) atoms. The van der Waals surface area contributed by atoms with Gasteiger partial charge in [0.05, 0.1) is 6.10 Å². The molecule has 2 N–H and O–H groups in total.